The molecule has 1 aromatic heterocycles. The second kappa shape index (κ2) is 7.25. The van der Waals surface area contributed by atoms with Crippen LogP contribution in [0.2, 0.25) is 0 Å². The Kier molecular flexibility index (Phi) is 4.67. The SMILES string of the molecule is COc1ccccc1N1CCN(CCn2c(=O)[nH]c3ccccc32)CC1. The third-order valence-corrected chi connectivity index (χ3v) is 5.12. The number of piperazine rings is 1. The highest BCUT2D eigenvalue weighted by molar-refractivity contribution is 5.74. The molecule has 136 valence electrons. The van der Waals surface area contributed by atoms with Crippen molar-refractivity contribution in [2.45, 2.75) is 6.54 Å². The van der Waals surface area contributed by atoms with E-state index in [1.807, 2.05) is 47.0 Å². The summed E-state index contributed by atoms with van der Waals surface area (Å²) >= 11 is 0. The van der Waals surface area contributed by atoms with Crippen molar-refractivity contribution in [2.75, 3.05) is 44.7 Å². The van der Waals surface area contributed by atoms with Gasteiger partial charge in [0.15, 0.2) is 0 Å². The van der Waals surface area contributed by atoms with Gasteiger partial charge in [0.05, 0.1) is 23.8 Å². The molecule has 4 rings (SSSR count). The highest BCUT2D eigenvalue weighted by Gasteiger charge is 2.19. The van der Waals surface area contributed by atoms with E-state index >= 15 is 0 Å². The number of hydrogen-bond donors (Lipinski definition) is 1. The Morgan fingerprint density at radius 2 is 1.69 bits per heavy atom. The first-order valence-corrected chi connectivity index (χ1v) is 9.04. The summed E-state index contributed by atoms with van der Waals surface area (Å²) < 4.78 is 7.31. The van der Waals surface area contributed by atoms with Crippen LogP contribution in [0.5, 0.6) is 5.75 Å². The van der Waals surface area contributed by atoms with Gasteiger partial charge >= 0.3 is 5.69 Å². The number of nitrogens with one attached hydrogen (secondary N) is 1. The van der Waals surface area contributed by atoms with Crippen molar-refractivity contribution in [1.82, 2.24) is 14.5 Å². The molecule has 0 unspecified atom stereocenters. The fourth-order valence-corrected chi connectivity index (χ4v) is 3.67. The number of rotatable bonds is 5. The van der Waals surface area contributed by atoms with E-state index in [9.17, 15) is 4.79 Å². The van der Waals surface area contributed by atoms with Gasteiger partial charge in [-0.05, 0) is 24.3 Å². The van der Waals surface area contributed by atoms with Crippen LogP contribution in [-0.4, -0.2) is 54.3 Å². The van der Waals surface area contributed by atoms with Gasteiger partial charge in [0.25, 0.3) is 0 Å². The van der Waals surface area contributed by atoms with Crippen LogP contribution in [0.25, 0.3) is 11.0 Å². The van der Waals surface area contributed by atoms with Gasteiger partial charge in [0, 0.05) is 39.3 Å². The molecule has 1 aliphatic rings. The zero-order chi connectivity index (χ0) is 17.9. The number of para-hydroxylation sites is 4. The van der Waals surface area contributed by atoms with Crippen LogP contribution in [-0.2, 0) is 6.54 Å². The van der Waals surface area contributed by atoms with E-state index in [4.69, 9.17) is 4.74 Å². The lowest BCUT2D eigenvalue weighted by Crippen LogP contribution is -2.47. The summed E-state index contributed by atoms with van der Waals surface area (Å²) in [4.78, 5) is 19.9. The van der Waals surface area contributed by atoms with E-state index in [1.54, 1.807) is 7.11 Å². The third-order valence-electron chi connectivity index (χ3n) is 5.12. The number of nitrogens with zero attached hydrogens (tertiary/aromatic N) is 3. The number of aromatic nitrogens is 2. The van der Waals surface area contributed by atoms with E-state index < -0.39 is 0 Å². The van der Waals surface area contributed by atoms with Gasteiger partial charge in [-0.25, -0.2) is 4.79 Å². The molecule has 1 aliphatic heterocycles. The van der Waals surface area contributed by atoms with E-state index in [0.717, 1.165) is 55.2 Å². The summed E-state index contributed by atoms with van der Waals surface area (Å²) in [5.41, 5.74) is 3.00. The predicted octanol–water partition coefficient (Wildman–Crippen LogP) is 2.16. The number of aromatic amines is 1. The van der Waals surface area contributed by atoms with Gasteiger partial charge in [-0.3, -0.25) is 9.47 Å². The van der Waals surface area contributed by atoms with Crippen molar-refractivity contribution in [1.29, 1.82) is 0 Å². The minimum Gasteiger partial charge on any atom is -0.495 e. The van der Waals surface area contributed by atoms with Crippen molar-refractivity contribution in [3.05, 3.63) is 59.0 Å². The Bertz CT molecular complexity index is 938. The number of H-pyrrole nitrogens is 1. The van der Waals surface area contributed by atoms with Gasteiger partial charge in [0.1, 0.15) is 5.75 Å². The molecule has 0 spiro atoms. The number of hydrogen-bond acceptors (Lipinski definition) is 4. The maximum atomic E-state index is 12.2. The zero-order valence-electron chi connectivity index (χ0n) is 15.0. The Morgan fingerprint density at radius 3 is 2.50 bits per heavy atom. The van der Waals surface area contributed by atoms with Crippen LogP contribution in [0.1, 0.15) is 0 Å². The Hall–Kier alpha value is -2.73. The van der Waals surface area contributed by atoms with Gasteiger partial charge in [0.2, 0.25) is 0 Å². The lowest BCUT2D eigenvalue weighted by atomic mass is 10.2. The minimum atomic E-state index is -0.0288. The maximum Gasteiger partial charge on any atom is 0.326 e. The molecule has 3 aromatic rings. The second-order valence-corrected chi connectivity index (χ2v) is 6.60. The van der Waals surface area contributed by atoms with Crippen LogP contribution < -0.4 is 15.3 Å². The highest BCUT2D eigenvalue weighted by atomic mass is 16.5. The summed E-state index contributed by atoms with van der Waals surface area (Å²) in [6, 6.07) is 16.0. The van der Waals surface area contributed by atoms with E-state index in [1.165, 1.54) is 0 Å². The van der Waals surface area contributed by atoms with Crippen LogP contribution in [0, 0.1) is 0 Å². The number of fused-ring (bicyclic) bond motifs is 1. The lowest BCUT2D eigenvalue weighted by Gasteiger charge is -2.36. The molecule has 0 amide bonds. The number of methoxy groups -OCH3 is 1. The van der Waals surface area contributed by atoms with E-state index in [2.05, 4.69) is 20.9 Å². The Balaban J connectivity index is 1.38. The van der Waals surface area contributed by atoms with Crippen LogP contribution in [0.4, 0.5) is 5.69 Å². The summed E-state index contributed by atoms with van der Waals surface area (Å²) in [6.45, 7) is 5.47. The average Bonchev–Trinajstić information content (AvgIpc) is 3.02. The van der Waals surface area contributed by atoms with Crippen LogP contribution in [0.15, 0.2) is 53.3 Å². The maximum absolute atomic E-state index is 12.2. The van der Waals surface area contributed by atoms with Crippen molar-refractivity contribution in [3.8, 4) is 5.75 Å². The zero-order valence-corrected chi connectivity index (χ0v) is 15.0. The molecule has 1 N–H and O–H groups in total. The summed E-state index contributed by atoms with van der Waals surface area (Å²) in [5, 5.41) is 0. The molecule has 2 aromatic carbocycles. The largest absolute Gasteiger partial charge is 0.495 e. The first-order chi connectivity index (χ1) is 12.8. The second-order valence-electron chi connectivity index (χ2n) is 6.60. The van der Waals surface area contributed by atoms with Gasteiger partial charge in [-0.2, -0.15) is 0 Å². The third kappa shape index (κ3) is 3.20. The fraction of sp³-hybridized carbons (Fsp3) is 0.350. The lowest BCUT2D eigenvalue weighted by molar-refractivity contribution is 0.247. The quantitative estimate of drug-likeness (QED) is 0.765. The molecule has 1 saturated heterocycles. The molecular weight excluding hydrogens is 328 g/mol. The molecular formula is C20H24N4O2. The minimum absolute atomic E-state index is 0.0288. The Labute approximate surface area is 152 Å². The van der Waals surface area contributed by atoms with E-state index in [-0.39, 0.29) is 5.69 Å². The molecule has 0 bridgehead atoms. The molecule has 2 heterocycles. The summed E-state index contributed by atoms with van der Waals surface area (Å²) in [5.74, 6) is 0.922. The molecule has 0 radical (unpaired) electrons. The molecule has 26 heavy (non-hydrogen) atoms. The molecule has 0 aliphatic carbocycles. The molecule has 6 nitrogen and oxygen atoms in total. The van der Waals surface area contributed by atoms with Crippen molar-refractivity contribution < 1.29 is 4.74 Å². The van der Waals surface area contributed by atoms with Crippen LogP contribution in [0.3, 0.4) is 0 Å². The van der Waals surface area contributed by atoms with E-state index in [0.29, 0.717) is 6.54 Å². The number of imidazole rings is 1. The topological polar surface area (TPSA) is 53.5 Å². The van der Waals surface area contributed by atoms with Crippen molar-refractivity contribution in [3.63, 3.8) is 0 Å². The number of anilines is 1. The molecule has 1 fully saturated rings. The normalized spacial score (nSPS) is 15.5. The van der Waals surface area contributed by atoms with Crippen molar-refractivity contribution in [2.24, 2.45) is 0 Å². The van der Waals surface area contributed by atoms with Gasteiger partial charge in [-0.1, -0.05) is 24.3 Å². The monoisotopic (exact) mass is 352 g/mol. The highest BCUT2D eigenvalue weighted by Crippen LogP contribution is 2.28. The number of benzene rings is 2. The van der Waals surface area contributed by atoms with Crippen LogP contribution >= 0.6 is 0 Å². The first-order valence-electron chi connectivity index (χ1n) is 9.04. The molecule has 0 saturated carbocycles. The predicted molar refractivity (Wildman–Crippen MR) is 104 cm³/mol. The number of ether oxygens (including phenoxy) is 1. The Morgan fingerprint density at radius 1 is 0.962 bits per heavy atom. The van der Waals surface area contributed by atoms with Crippen molar-refractivity contribution >= 4 is 16.7 Å². The standard InChI is InChI=1S/C20H24N4O2/c1-26-19-9-5-4-8-18(19)23-13-10-22(11-14-23)12-15-24-17-7-3-2-6-16(17)21-20(24)25/h2-9H,10-15H2,1H3,(H,21,25). The summed E-state index contributed by atoms with van der Waals surface area (Å²) in [7, 11) is 1.72. The molecule has 0 atom stereocenters. The van der Waals surface area contributed by atoms with Gasteiger partial charge < -0.3 is 14.6 Å². The molecule has 6 heteroatoms. The fourth-order valence-electron chi connectivity index (χ4n) is 3.67. The average molecular weight is 352 g/mol. The summed E-state index contributed by atoms with van der Waals surface area (Å²) in [6.07, 6.45) is 0. The smallest absolute Gasteiger partial charge is 0.326 e. The van der Waals surface area contributed by atoms with Gasteiger partial charge in [-0.15, -0.1) is 0 Å². The first kappa shape index (κ1) is 16.7.